The highest BCUT2D eigenvalue weighted by atomic mass is 35.5. The Labute approximate surface area is 130 Å². The van der Waals surface area contributed by atoms with Gasteiger partial charge in [0, 0.05) is 18.2 Å². The van der Waals surface area contributed by atoms with Crippen molar-refractivity contribution in [3.8, 4) is 11.3 Å². The van der Waals surface area contributed by atoms with Gasteiger partial charge in [0.05, 0.1) is 0 Å². The number of hydrogen-bond donors (Lipinski definition) is 2. The number of amides is 1. The zero-order chi connectivity index (χ0) is 14.5. The lowest BCUT2D eigenvalue weighted by molar-refractivity contribution is 0.0952. The van der Waals surface area contributed by atoms with E-state index in [9.17, 15) is 4.79 Å². The van der Waals surface area contributed by atoms with Gasteiger partial charge in [0.15, 0.2) is 0 Å². The van der Waals surface area contributed by atoms with Gasteiger partial charge in [-0.15, -0.1) is 12.4 Å². The average molecular weight is 310 g/mol. The Morgan fingerprint density at radius 2 is 2.05 bits per heavy atom. The van der Waals surface area contributed by atoms with E-state index in [1.54, 1.807) is 6.92 Å². The molecule has 21 heavy (non-hydrogen) atoms. The molecule has 2 aromatic rings. The first-order valence-electron chi connectivity index (χ1n) is 6.65. The van der Waals surface area contributed by atoms with Crippen LogP contribution in [-0.2, 0) is 0 Å². The van der Waals surface area contributed by atoms with Gasteiger partial charge in [-0.25, -0.2) is 0 Å². The van der Waals surface area contributed by atoms with Crippen LogP contribution in [0.25, 0.3) is 11.3 Å². The van der Waals surface area contributed by atoms with Crippen LogP contribution in [0.1, 0.15) is 29.5 Å². The number of carbonyl (C=O) groups excluding carboxylic acids is 1. The molecule has 1 aromatic heterocycles. The topological polar surface area (TPSA) is 81.2 Å². The van der Waals surface area contributed by atoms with Gasteiger partial charge >= 0.3 is 0 Å². The van der Waals surface area contributed by atoms with Crippen molar-refractivity contribution in [2.45, 2.75) is 26.3 Å². The second-order valence-electron chi connectivity index (χ2n) is 4.85. The fraction of sp³-hybridized carbons (Fsp3) is 0.333. The maximum absolute atomic E-state index is 12.3. The van der Waals surface area contributed by atoms with E-state index in [-0.39, 0.29) is 24.4 Å². The lowest BCUT2D eigenvalue weighted by Gasteiger charge is -2.07. The highest BCUT2D eigenvalue weighted by molar-refractivity contribution is 6.00. The molecule has 114 valence electrons. The summed E-state index contributed by atoms with van der Waals surface area (Å²) in [6, 6.07) is 9.58. The van der Waals surface area contributed by atoms with Crippen molar-refractivity contribution in [2.75, 3.05) is 6.54 Å². The minimum atomic E-state index is -0.178. The molecule has 0 saturated carbocycles. The van der Waals surface area contributed by atoms with Gasteiger partial charge in [-0.2, -0.15) is 0 Å². The smallest absolute Gasteiger partial charge is 0.257 e. The Balaban J connectivity index is 0.00000220. The molecule has 0 spiro atoms. The van der Waals surface area contributed by atoms with E-state index < -0.39 is 0 Å². The second kappa shape index (κ2) is 7.81. The van der Waals surface area contributed by atoms with E-state index in [1.807, 2.05) is 37.3 Å². The minimum absolute atomic E-state index is 0. The molecule has 0 fully saturated rings. The molecule has 6 heteroatoms. The SMILES string of the molecule is Cc1onc(-c2ccccc2)c1C(=O)NCCC(C)N.Cl. The van der Waals surface area contributed by atoms with Crippen molar-refractivity contribution < 1.29 is 9.32 Å². The van der Waals surface area contributed by atoms with Crippen LogP contribution in [0.3, 0.4) is 0 Å². The number of hydrogen-bond acceptors (Lipinski definition) is 4. The molecule has 0 aliphatic carbocycles. The van der Waals surface area contributed by atoms with Gasteiger partial charge in [0.2, 0.25) is 0 Å². The van der Waals surface area contributed by atoms with Crippen LogP contribution in [0, 0.1) is 6.92 Å². The largest absolute Gasteiger partial charge is 0.360 e. The van der Waals surface area contributed by atoms with Gasteiger partial charge in [-0.1, -0.05) is 35.5 Å². The standard InChI is InChI=1S/C15H19N3O2.ClH/c1-10(16)8-9-17-15(19)13-11(2)20-18-14(13)12-6-4-3-5-7-12;/h3-7,10H,8-9,16H2,1-2H3,(H,17,19);1H. The summed E-state index contributed by atoms with van der Waals surface area (Å²) >= 11 is 0. The van der Waals surface area contributed by atoms with E-state index in [2.05, 4.69) is 10.5 Å². The van der Waals surface area contributed by atoms with Crippen LogP contribution in [0.2, 0.25) is 0 Å². The molecule has 0 radical (unpaired) electrons. The lowest BCUT2D eigenvalue weighted by Crippen LogP contribution is -2.29. The molecule has 0 saturated heterocycles. The number of aromatic nitrogens is 1. The van der Waals surface area contributed by atoms with Crippen LogP contribution in [0.15, 0.2) is 34.9 Å². The van der Waals surface area contributed by atoms with Gasteiger partial charge < -0.3 is 15.6 Å². The van der Waals surface area contributed by atoms with E-state index in [0.717, 1.165) is 12.0 Å². The van der Waals surface area contributed by atoms with Gasteiger partial charge in [-0.05, 0) is 20.3 Å². The summed E-state index contributed by atoms with van der Waals surface area (Å²) in [5, 5.41) is 6.84. The Kier molecular flexibility index (Phi) is 6.39. The second-order valence-corrected chi connectivity index (χ2v) is 4.85. The highest BCUT2D eigenvalue weighted by Gasteiger charge is 2.21. The van der Waals surface area contributed by atoms with Crippen molar-refractivity contribution >= 4 is 18.3 Å². The first-order chi connectivity index (χ1) is 9.59. The fourth-order valence-corrected chi connectivity index (χ4v) is 1.93. The van der Waals surface area contributed by atoms with Crippen molar-refractivity contribution in [1.82, 2.24) is 10.5 Å². The van der Waals surface area contributed by atoms with Crippen LogP contribution < -0.4 is 11.1 Å². The molecule has 1 aromatic carbocycles. The van der Waals surface area contributed by atoms with Crippen LogP contribution in [-0.4, -0.2) is 23.7 Å². The highest BCUT2D eigenvalue weighted by Crippen LogP contribution is 2.24. The maximum Gasteiger partial charge on any atom is 0.257 e. The molecule has 1 atom stereocenters. The molecule has 0 aliphatic heterocycles. The average Bonchev–Trinajstić information content (AvgIpc) is 2.81. The predicted octanol–water partition coefficient (Wildman–Crippen LogP) is 2.54. The third-order valence-electron chi connectivity index (χ3n) is 3.02. The zero-order valence-corrected chi connectivity index (χ0v) is 12.9. The molecule has 1 amide bonds. The number of nitrogens with zero attached hydrogens (tertiary/aromatic N) is 1. The lowest BCUT2D eigenvalue weighted by atomic mass is 10.1. The van der Waals surface area contributed by atoms with Gasteiger partial charge in [-0.3, -0.25) is 4.79 Å². The Bertz CT molecular complexity index is 582. The summed E-state index contributed by atoms with van der Waals surface area (Å²) in [5.74, 6) is 0.338. The summed E-state index contributed by atoms with van der Waals surface area (Å²) in [6.45, 7) is 4.18. The monoisotopic (exact) mass is 309 g/mol. The molecular formula is C15H20ClN3O2. The van der Waals surface area contributed by atoms with E-state index >= 15 is 0 Å². The third-order valence-corrected chi connectivity index (χ3v) is 3.02. The third kappa shape index (κ3) is 4.31. The minimum Gasteiger partial charge on any atom is -0.360 e. The van der Waals surface area contributed by atoms with Crippen molar-refractivity contribution in [3.05, 3.63) is 41.7 Å². The summed E-state index contributed by atoms with van der Waals surface area (Å²) < 4.78 is 5.16. The maximum atomic E-state index is 12.3. The Morgan fingerprint density at radius 1 is 1.38 bits per heavy atom. The molecule has 1 unspecified atom stereocenters. The summed E-state index contributed by atoms with van der Waals surface area (Å²) in [7, 11) is 0. The Morgan fingerprint density at radius 3 is 2.67 bits per heavy atom. The number of halogens is 1. The van der Waals surface area contributed by atoms with E-state index in [1.165, 1.54) is 0 Å². The summed E-state index contributed by atoms with van der Waals surface area (Å²) in [6.07, 6.45) is 0.733. The summed E-state index contributed by atoms with van der Waals surface area (Å²) in [4.78, 5) is 12.3. The first kappa shape index (κ1) is 17.2. The summed E-state index contributed by atoms with van der Waals surface area (Å²) in [5.41, 5.74) is 7.59. The van der Waals surface area contributed by atoms with Crippen LogP contribution in [0.5, 0.6) is 0 Å². The molecule has 0 aliphatic rings. The van der Waals surface area contributed by atoms with Crippen molar-refractivity contribution in [3.63, 3.8) is 0 Å². The normalized spacial score (nSPS) is 11.6. The number of rotatable bonds is 5. The number of benzene rings is 1. The van der Waals surface area contributed by atoms with Gasteiger partial charge in [0.25, 0.3) is 5.91 Å². The van der Waals surface area contributed by atoms with Crippen LogP contribution in [0.4, 0.5) is 0 Å². The number of carbonyl (C=O) groups is 1. The number of nitrogens with two attached hydrogens (primary N) is 1. The quantitative estimate of drug-likeness (QED) is 0.889. The molecule has 5 nitrogen and oxygen atoms in total. The van der Waals surface area contributed by atoms with E-state index in [0.29, 0.717) is 23.6 Å². The fourth-order valence-electron chi connectivity index (χ4n) is 1.93. The number of nitrogens with one attached hydrogen (secondary N) is 1. The number of aryl methyl sites for hydroxylation is 1. The predicted molar refractivity (Wildman–Crippen MR) is 84.5 cm³/mol. The van der Waals surface area contributed by atoms with E-state index in [4.69, 9.17) is 10.3 Å². The van der Waals surface area contributed by atoms with Crippen LogP contribution >= 0.6 is 12.4 Å². The molecule has 0 bridgehead atoms. The molecular weight excluding hydrogens is 290 g/mol. The van der Waals surface area contributed by atoms with Crippen molar-refractivity contribution in [1.29, 1.82) is 0 Å². The zero-order valence-electron chi connectivity index (χ0n) is 12.1. The van der Waals surface area contributed by atoms with Crippen molar-refractivity contribution in [2.24, 2.45) is 5.73 Å². The Hall–Kier alpha value is -1.85. The molecule has 3 N–H and O–H groups in total. The molecule has 1 heterocycles. The molecule has 2 rings (SSSR count). The first-order valence-corrected chi connectivity index (χ1v) is 6.65. The van der Waals surface area contributed by atoms with Gasteiger partial charge in [0.1, 0.15) is 17.0 Å².